The van der Waals surface area contributed by atoms with Crippen molar-refractivity contribution in [3.8, 4) is 0 Å². The molecule has 1 aromatic rings. The Morgan fingerprint density at radius 1 is 1.50 bits per heavy atom. The van der Waals surface area contributed by atoms with Gasteiger partial charge in [0.2, 0.25) is 0 Å². The summed E-state index contributed by atoms with van der Waals surface area (Å²) in [7, 11) is 1.15. The van der Waals surface area contributed by atoms with Crippen LogP contribution in [0.3, 0.4) is 0 Å². The Morgan fingerprint density at radius 3 is 2.72 bits per heavy atom. The van der Waals surface area contributed by atoms with Crippen LogP contribution in [-0.4, -0.2) is 36.2 Å². The quantitative estimate of drug-likeness (QED) is 0.690. The normalized spacial score (nSPS) is 11.4. The van der Waals surface area contributed by atoms with E-state index < -0.39 is 30.4 Å². The van der Waals surface area contributed by atoms with Gasteiger partial charge >= 0.3 is 18.0 Å². The molecule has 1 heterocycles. The van der Waals surface area contributed by atoms with Crippen molar-refractivity contribution in [3.63, 3.8) is 0 Å². The summed E-state index contributed by atoms with van der Waals surface area (Å²) in [6, 6.07) is -0.346. The summed E-state index contributed by atoms with van der Waals surface area (Å²) < 4.78 is 4.35. The molecule has 0 fully saturated rings. The van der Waals surface area contributed by atoms with Crippen LogP contribution in [0.5, 0.6) is 0 Å². The van der Waals surface area contributed by atoms with Crippen molar-refractivity contribution < 1.29 is 24.2 Å². The zero-order chi connectivity index (χ0) is 13.5. The number of methoxy groups -OCH3 is 1. The van der Waals surface area contributed by atoms with E-state index in [1.165, 1.54) is 11.3 Å². The molecule has 98 valence electrons. The van der Waals surface area contributed by atoms with Crippen LogP contribution in [0.25, 0.3) is 0 Å². The predicted molar refractivity (Wildman–Crippen MR) is 64.5 cm³/mol. The van der Waals surface area contributed by atoms with Crippen molar-refractivity contribution in [3.05, 3.63) is 16.8 Å². The van der Waals surface area contributed by atoms with Gasteiger partial charge in [-0.2, -0.15) is 11.3 Å². The van der Waals surface area contributed by atoms with Crippen LogP contribution in [0.4, 0.5) is 10.5 Å². The maximum absolute atomic E-state index is 11.5. The lowest BCUT2D eigenvalue weighted by Gasteiger charge is -2.13. The number of carboxylic acid groups (broad SMARTS) is 1. The van der Waals surface area contributed by atoms with Crippen LogP contribution in [0.15, 0.2) is 16.8 Å². The average molecular weight is 272 g/mol. The zero-order valence-electron chi connectivity index (χ0n) is 9.50. The fraction of sp³-hybridized carbons (Fsp3) is 0.300. The monoisotopic (exact) mass is 272 g/mol. The Hall–Kier alpha value is -2.09. The Morgan fingerprint density at radius 2 is 2.22 bits per heavy atom. The van der Waals surface area contributed by atoms with Gasteiger partial charge in [0.05, 0.1) is 19.2 Å². The number of carboxylic acids is 1. The van der Waals surface area contributed by atoms with Crippen LogP contribution in [-0.2, 0) is 14.3 Å². The van der Waals surface area contributed by atoms with Gasteiger partial charge in [0.25, 0.3) is 0 Å². The SMILES string of the molecule is COC(=O)C[C@H](NC(=O)Nc1ccsc1)C(=O)O. The maximum atomic E-state index is 11.5. The predicted octanol–water partition coefficient (Wildman–Crippen LogP) is 0.886. The van der Waals surface area contributed by atoms with Crippen LogP contribution in [0, 0.1) is 0 Å². The molecule has 0 saturated heterocycles. The second kappa shape index (κ2) is 6.60. The smallest absolute Gasteiger partial charge is 0.326 e. The number of carbonyl (C=O) groups is 3. The van der Waals surface area contributed by atoms with E-state index >= 15 is 0 Å². The summed E-state index contributed by atoms with van der Waals surface area (Å²) >= 11 is 1.39. The van der Waals surface area contributed by atoms with E-state index in [0.29, 0.717) is 5.69 Å². The molecule has 0 aliphatic carbocycles. The number of aliphatic carboxylic acids is 1. The molecule has 1 rings (SSSR count). The lowest BCUT2D eigenvalue weighted by atomic mass is 10.2. The molecule has 18 heavy (non-hydrogen) atoms. The van der Waals surface area contributed by atoms with E-state index in [-0.39, 0.29) is 0 Å². The molecule has 3 N–H and O–H groups in total. The Labute approximate surface area is 107 Å². The lowest BCUT2D eigenvalue weighted by Crippen LogP contribution is -2.44. The average Bonchev–Trinajstić information content (AvgIpc) is 2.80. The third kappa shape index (κ3) is 4.42. The topological polar surface area (TPSA) is 105 Å². The van der Waals surface area contributed by atoms with Gasteiger partial charge < -0.3 is 20.5 Å². The van der Waals surface area contributed by atoms with E-state index in [0.717, 1.165) is 7.11 Å². The van der Waals surface area contributed by atoms with Gasteiger partial charge in [0, 0.05) is 5.38 Å². The first-order valence-electron chi connectivity index (χ1n) is 4.92. The number of carbonyl (C=O) groups excluding carboxylic acids is 2. The molecule has 1 atom stereocenters. The first-order valence-corrected chi connectivity index (χ1v) is 5.86. The third-order valence-electron chi connectivity index (χ3n) is 1.98. The summed E-state index contributed by atoms with van der Waals surface area (Å²) in [5.41, 5.74) is 0.555. The van der Waals surface area contributed by atoms with Crippen molar-refractivity contribution in [2.45, 2.75) is 12.5 Å². The molecule has 0 saturated carbocycles. The number of hydrogen-bond acceptors (Lipinski definition) is 5. The molecule has 0 aliphatic rings. The number of amides is 2. The number of anilines is 1. The number of hydrogen-bond donors (Lipinski definition) is 3. The van der Waals surface area contributed by atoms with Crippen LogP contribution < -0.4 is 10.6 Å². The summed E-state index contributed by atoms with van der Waals surface area (Å²) in [5, 5.41) is 16.9. The van der Waals surface area contributed by atoms with Crippen molar-refractivity contribution in [2.24, 2.45) is 0 Å². The molecule has 8 heteroatoms. The van der Waals surface area contributed by atoms with Gasteiger partial charge in [0.15, 0.2) is 0 Å². The van der Waals surface area contributed by atoms with Crippen molar-refractivity contribution in [2.75, 3.05) is 12.4 Å². The minimum Gasteiger partial charge on any atom is -0.480 e. The Bertz CT molecular complexity index is 431. The summed E-state index contributed by atoms with van der Waals surface area (Å²) in [6.45, 7) is 0. The Kier molecular flexibility index (Phi) is 5.12. The maximum Gasteiger partial charge on any atom is 0.326 e. The molecule has 0 unspecified atom stereocenters. The summed E-state index contributed by atoms with van der Waals surface area (Å²) in [6.07, 6.45) is -0.428. The van der Waals surface area contributed by atoms with E-state index in [1.807, 2.05) is 0 Å². The first-order chi connectivity index (χ1) is 8.52. The minimum atomic E-state index is -1.32. The highest BCUT2D eigenvalue weighted by Gasteiger charge is 2.23. The molecule has 0 aromatic carbocycles. The highest BCUT2D eigenvalue weighted by atomic mass is 32.1. The fourth-order valence-electron chi connectivity index (χ4n) is 1.11. The summed E-state index contributed by atoms with van der Waals surface area (Å²) in [5.74, 6) is -2.01. The van der Waals surface area contributed by atoms with Gasteiger partial charge in [-0.15, -0.1) is 0 Å². The van der Waals surface area contributed by atoms with Gasteiger partial charge in [-0.1, -0.05) is 0 Å². The molecule has 0 aliphatic heterocycles. The van der Waals surface area contributed by atoms with Crippen molar-refractivity contribution in [1.29, 1.82) is 0 Å². The Balaban J connectivity index is 2.52. The number of urea groups is 1. The largest absolute Gasteiger partial charge is 0.480 e. The first kappa shape index (κ1) is 14.0. The molecular formula is C10H12N2O5S. The van der Waals surface area contributed by atoms with Crippen molar-refractivity contribution >= 4 is 35.0 Å². The fourth-order valence-corrected chi connectivity index (χ4v) is 1.70. The molecule has 0 spiro atoms. The van der Waals surface area contributed by atoms with Gasteiger partial charge in [-0.05, 0) is 11.4 Å². The number of nitrogens with one attached hydrogen (secondary N) is 2. The highest BCUT2D eigenvalue weighted by molar-refractivity contribution is 7.08. The molecule has 2 amide bonds. The standard InChI is InChI=1S/C10H12N2O5S/c1-17-8(13)4-7(9(14)15)12-10(16)11-6-2-3-18-5-6/h2-3,5,7H,4H2,1H3,(H,14,15)(H2,11,12,16)/t7-/m0/s1. The second-order valence-corrected chi connectivity index (χ2v) is 4.06. The van der Waals surface area contributed by atoms with Crippen molar-refractivity contribution in [1.82, 2.24) is 5.32 Å². The molecule has 7 nitrogen and oxygen atoms in total. The number of esters is 1. The molecule has 0 radical (unpaired) electrons. The van der Waals surface area contributed by atoms with E-state index in [4.69, 9.17) is 5.11 Å². The van der Waals surface area contributed by atoms with E-state index in [1.54, 1.807) is 16.8 Å². The highest BCUT2D eigenvalue weighted by Crippen LogP contribution is 2.11. The number of ether oxygens (including phenoxy) is 1. The molecular weight excluding hydrogens is 260 g/mol. The van der Waals surface area contributed by atoms with Crippen LogP contribution >= 0.6 is 11.3 Å². The third-order valence-corrected chi connectivity index (χ3v) is 2.66. The summed E-state index contributed by atoms with van der Waals surface area (Å²) in [4.78, 5) is 33.3. The van der Waals surface area contributed by atoms with Gasteiger partial charge in [-0.25, -0.2) is 9.59 Å². The van der Waals surface area contributed by atoms with E-state index in [9.17, 15) is 14.4 Å². The lowest BCUT2D eigenvalue weighted by molar-refractivity contribution is -0.147. The van der Waals surface area contributed by atoms with Gasteiger partial charge in [-0.3, -0.25) is 4.79 Å². The van der Waals surface area contributed by atoms with Crippen LogP contribution in [0.1, 0.15) is 6.42 Å². The van der Waals surface area contributed by atoms with Crippen LogP contribution in [0.2, 0.25) is 0 Å². The van der Waals surface area contributed by atoms with Gasteiger partial charge in [0.1, 0.15) is 6.04 Å². The molecule has 0 bridgehead atoms. The second-order valence-electron chi connectivity index (χ2n) is 3.28. The zero-order valence-corrected chi connectivity index (χ0v) is 10.3. The molecule has 1 aromatic heterocycles. The number of thiophene rings is 1. The number of rotatable bonds is 5. The van der Waals surface area contributed by atoms with E-state index in [2.05, 4.69) is 15.4 Å². The minimum absolute atomic E-state index is 0.428.